The van der Waals surface area contributed by atoms with Crippen LogP contribution in [-0.2, 0) is 28.6 Å². The first-order valence-corrected chi connectivity index (χ1v) is 21.2. The summed E-state index contributed by atoms with van der Waals surface area (Å²) in [6.07, 6.45) is 39.2. The van der Waals surface area contributed by atoms with Gasteiger partial charge in [-0.2, -0.15) is 0 Å². The lowest BCUT2D eigenvalue weighted by Crippen LogP contribution is -2.30. The van der Waals surface area contributed by atoms with Crippen LogP contribution >= 0.6 is 0 Å². The van der Waals surface area contributed by atoms with Crippen LogP contribution in [0.25, 0.3) is 0 Å². The predicted molar refractivity (Wildman–Crippen MR) is 206 cm³/mol. The molecule has 0 saturated carbocycles. The molecule has 0 aliphatic carbocycles. The van der Waals surface area contributed by atoms with E-state index in [1.54, 1.807) is 0 Å². The van der Waals surface area contributed by atoms with Crippen molar-refractivity contribution in [2.45, 2.75) is 232 Å². The van der Waals surface area contributed by atoms with Crippen LogP contribution in [0.3, 0.4) is 0 Å². The molecule has 0 aromatic heterocycles. The topological polar surface area (TPSA) is 78.9 Å². The standard InChI is InChI=1S/C43H80O6/c1-4-7-10-13-16-18-20-21-22-23-25-27-30-33-36-42(45)48-39-40(38-47-41(44)35-32-29-26-15-12-9-6-3)49-43(46)37-34-31-28-24-19-17-14-11-8-5-2/h11,14,40H,4-10,12-13,15-39H2,1-3H3/b14-11-. The summed E-state index contributed by atoms with van der Waals surface area (Å²) in [4.78, 5) is 37.4. The third-order valence-electron chi connectivity index (χ3n) is 9.25. The Morgan fingerprint density at radius 1 is 0.388 bits per heavy atom. The summed E-state index contributed by atoms with van der Waals surface area (Å²) in [6.45, 7) is 6.52. The molecule has 0 aliphatic heterocycles. The quantitative estimate of drug-likeness (QED) is 0.0277. The van der Waals surface area contributed by atoms with Gasteiger partial charge in [0, 0.05) is 19.3 Å². The van der Waals surface area contributed by atoms with Crippen LogP contribution in [0.4, 0.5) is 0 Å². The van der Waals surface area contributed by atoms with Crippen LogP contribution in [0.5, 0.6) is 0 Å². The Hall–Kier alpha value is -1.85. The minimum atomic E-state index is -0.763. The lowest BCUT2D eigenvalue weighted by molar-refractivity contribution is -0.167. The first-order chi connectivity index (χ1) is 24.0. The van der Waals surface area contributed by atoms with Crippen LogP contribution in [-0.4, -0.2) is 37.2 Å². The van der Waals surface area contributed by atoms with E-state index < -0.39 is 6.10 Å². The fraction of sp³-hybridized carbons (Fsp3) is 0.884. The minimum absolute atomic E-state index is 0.0700. The molecular weight excluding hydrogens is 612 g/mol. The number of carbonyl (C=O) groups excluding carboxylic acids is 3. The maximum Gasteiger partial charge on any atom is 0.306 e. The van der Waals surface area contributed by atoms with Crippen molar-refractivity contribution in [2.75, 3.05) is 13.2 Å². The van der Waals surface area contributed by atoms with E-state index in [1.165, 1.54) is 109 Å². The fourth-order valence-electron chi connectivity index (χ4n) is 6.03. The molecule has 6 nitrogen and oxygen atoms in total. The maximum atomic E-state index is 12.6. The SMILES string of the molecule is CCC/C=C\CCCCCCCC(=O)OC(COC(=O)CCCCCCCCC)COC(=O)CCCCCCCCCCCCCCCC. The molecule has 0 radical (unpaired) electrons. The summed E-state index contributed by atoms with van der Waals surface area (Å²) in [5, 5.41) is 0. The highest BCUT2D eigenvalue weighted by Crippen LogP contribution is 2.15. The van der Waals surface area contributed by atoms with Gasteiger partial charge in [-0.05, 0) is 38.5 Å². The molecule has 1 unspecified atom stereocenters. The van der Waals surface area contributed by atoms with Gasteiger partial charge >= 0.3 is 17.9 Å². The largest absolute Gasteiger partial charge is 0.462 e. The number of allylic oxidation sites excluding steroid dienone is 2. The van der Waals surface area contributed by atoms with Gasteiger partial charge < -0.3 is 14.2 Å². The monoisotopic (exact) mass is 693 g/mol. The van der Waals surface area contributed by atoms with Crippen LogP contribution in [0.1, 0.15) is 226 Å². The molecule has 1 atom stereocenters. The summed E-state index contributed by atoms with van der Waals surface area (Å²) < 4.78 is 16.6. The van der Waals surface area contributed by atoms with E-state index in [0.717, 1.165) is 77.0 Å². The predicted octanol–water partition coefficient (Wildman–Crippen LogP) is 13.1. The first-order valence-electron chi connectivity index (χ1n) is 21.2. The second kappa shape index (κ2) is 38.9. The Morgan fingerprint density at radius 3 is 1.10 bits per heavy atom. The third kappa shape index (κ3) is 37.2. The number of unbranched alkanes of at least 4 members (excludes halogenated alkanes) is 25. The lowest BCUT2D eigenvalue weighted by Gasteiger charge is -2.18. The number of esters is 3. The molecule has 0 spiro atoms. The molecule has 0 bridgehead atoms. The Bertz CT molecular complexity index is 763. The molecule has 0 aliphatic rings. The van der Waals surface area contributed by atoms with Crippen molar-refractivity contribution < 1.29 is 28.6 Å². The van der Waals surface area contributed by atoms with Crippen molar-refractivity contribution in [3.63, 3.8) is 0 Å². The molecule has 0 N–H and O–H groups in total. The van der Waals surface area contributed by atoms with Gasteiger partial charge in [-0.1, -0.05) is 181 Å². The summed E-state index contributed by atoms with van der Waals surface area (Å²) in [7, 11) is 0. The summed E-state index contributed by atoms with van der Waals surface area (Å²) in [5.74, 6) is -0.884. The Balaban J connectivity index is 4.28. The molecule has 0 rings (SSSR count). The van der Waals surface area contributed by atoms with Crippen LogP contribution < -0.4 is 0 Å². The number of ether oxygens (including phenoxy) is 3. The number of hydrogen-bond donors (Lipinski definition) is 0. The van der Waals surface area contributed by atoms with Crippen molar-refractivity contribution in [3.8, 4) is 0 Å². The maximum absolute atomic E-state index is 12.6. The Kier molecular flexibility index (Phi) is 37.5. The highest BCUT2D eigenvalue weighted by molar-refractivity contribution is 5.71. The Labute approximate surface area is 303 Å². The van der Waals surface area contributed by atoms with Gasteiger partial charge in [-0.15, -0.1) is 0 Å². The molecule has 288 valence electrons. The van der Waals surface area contributed by atoms with E-state index in [4.69, 9.17) is 14.2 Å². The van der Waals surface area contributed by atoms with E-state index in [9.17, 15) is 14.4 Å². The van der Waals surface area contributed by atoms with E-state index in [1.807, 2.05) is 0 Å². The zero-order valence-electron chi connectivity index (χ0n) is 32.7. The van der Waals surface area contributed by atoms with Crippen LogP contribution in [0.15, 0.2) is 12.2 Å². The molecule has 0 fully saturated rings. The summed E-state index contributed by atoms with van der Waals surface area (Å²) in [5.41, 5.74) is 0. The molecule has 49 heavy (non-hydrogen) atoms. The van der Waals surface area contributed by atoms with Crippen molar-refractivity contribution in [2.24, 2.45) is 0 Å². The van der Waals surface area contributed by atoms with Crippen LogP contribution in [0, 0.1) is 0 Å². The van der Waals surface area contributed by atoms with Gasteiger partial charge in [-0.25, -0.2) is 0 Å². The zero-order chi connectivity index (χ0) is 35.9. The van der Waals surface area contributed by atoms with Crippen molar-refractivity contribution in [1.82, 2.24) is 0 Å². The average molecular weight is 693 g/mol. The normalized spacial score (nSPS) is 12.0. The summed E-state index contributed by atoms with van der Waals surface area (Å²) >= 11 is 0. The van der Waals surface area contributed by atoms with Gasteiger partial charge in [0.05, 0.1) is 0 Å². The lowest BCUT2D eigenvalue weighted by atomic mass is 10.0. The highest BCUT2D eigenvalue weighted by Gasteiger charge is 2.19. The van der Waals surface area contributed by atoms with E-state index in [-0.39, 0.29) is 31.1 Å². The fourth-order valence-corrected chi connectivity index (χ4v) is 6.03. The molecule has 0 aromatic carbocycles. The van der Waals surface area contributed by atoms with Crippen molar-refractivity contribution in [3.05, 3.63) is 12.2 Å². The second-order valence-electron chi connectivity index (χ2n) is 14.3. The molecule has 0 heterocycles. The van der Waals surface area contributed by atoms with Crippen molar-refractivity contribution >= 4 is 17.9 Å². The van der Waals surface area contributed by atoms with Crippen LogP contribution in [0.2, 0.25) is 0 Å². The summed E-state index contributed by atoms with van der Waals surface area (Å²) in [6, 6.07) is 0. The highest BCUT2D eigenvalue weighted by atomic mass is 16.6. The third-order valence-corrected chi connectivity index (χ3v) is 9.25. The second-order valence-corrected chi connectivity index (χ2v) is 14.3. The van der Waals surface area contributed by atoms with Gasteiger partial charge in [-0.3, -0.25) is 14.4 Å². The van der Waals surface area contributed by atoms with E-state index in [2.05, 4.69) is 32.9 Å². The first kappa shape index (κ1) is 47.1. The van der Waals surface area contributed by atoms with E-state index >= 15 is 0 Å². The van der Waals surface area contributed by atoms with Crippen molar-refractivity contribution in [1.29, 1.82) is 0 Å². The number of rotatable bonds is 38. The van der Waals surface area contributed by atoms with Gasteiger partial charge in [0.15, 0.2) is 6.10 Å². The van der Waals surface area contributed by atoms with Gasteiger partial charge in [0.1, 0.15) is 13.2 Å². The smallest absolute Gasteiger partial charge is 0.306 e. The molecule has 0 amide bonds. The molecule has 0 aromatic rings. The minimum Gasteiger partial charge on any atom is -0.462 e. The zero-order valence-corrected chi connectivity index (χ0v) is 32.7. The number of carbonyl (C=O) groups is 3. The van der Waals surface area contributed by atoms with E-state index in [0.29, 0.717) is 19.3 Å². The number of hydrogen-bond acceptors (Lipinski definition) is 6. The Morgan fingerprint density at radius 2 is 0.714 bits per heavy atom. The molecule has 0 saturated heterocycles. The van der Waals surface area contributed by atoms with Gasteiger partial charge in [0.25, 0.3) is 0 Å². The molecule has 6 heteroatoms. The van der Waals surface area contributed by atoms with Gasteiger partial charge in [0.2, 0.25) is 0 Å². The average Bonchev–Trinajstić information content (AvgIpc) is 3.10. The molecular formula is C43H80O6.